The summed E-state index contributed by atoms with van der Waals surface area (Å²) in [5.74, 6) is 0.0620. The Morgan fingerprint density at radius 3 is 2.31 bits per heavy atom. The van der Waals surface area contributed by atoms with Crippen molar-refractivity contribution in [3.8, 4) is 0 Å². The molecule has 8 heteroatoms. The van der Waals surface area contributed by atoms with Crippen molar-refractivity contribution in [2.24, 2.45) is 5.92 Å². The summed E-state index contributed by atoms with van der Waals surface area (Å²) in [5.41, 5.74) is 0.838. The van der Waals surface area contributed by atoms with Crippen LogP contribution in [0.25, 0.3) is 0 Å². The minimum atomic E-state index is -3.62. The number of nitrogens with zero attached hydrogens (tertiary/aromatic N) is 3. The highest BCUT2D eigenvalue weighted by molar-refractivity contribution is 7.92. The summed E-state index contributed by atoms with van der Waals surface area (Å²) in [6.07, 6.45) is 3.10. The van der Waals surface area contributed by atoms with Gasteiger partial charge in [-0.3, -0.25) is 13.9 Å². The van der Waals surface area contributed by atoms with Crippen LogP contribution in [0, 0.1) is 5.92 Å². The van der Waals surface area contributed by atoms with Gasteiger partial charge < -0.3 is 9.80 Å². The number of rotatable bonds is 5. The number of hydrogen-bond donors (Lipinski definition) is 0. The van der Waals surface area contributed by atoms with Crippen LogP contribution in [0.1, 0.15) is 30.1 Å². The summed E-state index contributed by atoms with van der Waals surface area (Å²) in [7, 11) is -0.324. The lowest BCUT2D eigenvalue weighted by atomic mass is 10.0. The van der Waals surface area contributed by atoms with Gasteiger partial charge in [-0.1, -0.05) is 6.92 Å². The highest BCUT2D eigenvalue weighted by atomic mass is 32.2. The smallest absolute Gasteiger partial charge is 0.253 e. The van der Waals surface area contributed by atoms with Crippen LogP contribution < -0.4 is 4.31 Å². The van der Waals surface area contributed by atoms with Crippen molar-refractivity contribution in [2.75, 3.05) is 44.3 Å². The molecule has 0 aliphatic carbocycles. The van der Waals surface area contributed by atoms with Gasteiger partial charge in [0.15, 0.2) is 0 Å². The van der Waals surface area contributed by atoms with Gasteiger partial charge in [0.05, 0.1) is 11.9 Å². The number of piperidine rings is 1. The van der Waals surface area contributed by atoms with Crippen molar-refractivity contribution < 1.29 is 18.0 Å². The lowest BCUT2D eigenvalue weighted by molar-refractivity contribution is -0.131. The summed E-state index contributed by atoms with van der Waals surface area (Å²) in [6, 6.07) is 6.26. The van der Waals surface area contributed by atoms with Crippen LogP contribution in [0.3, 0.4) is 0 Å². The highest BCUT2D eigenvalue weighted by Gasteiger charge is 2.26. The first-order valence-corrected chi connectivity index (χ1v) is 10.5. The molecule has 1 unspecified atom stereocenters. The fourth-order valence-electron chi connectivity index (χ4n) is 3.07. The monoisotopic (exact) mass is 381 g/mol. The van der Waals surface area contributed by atoms with Crippen LogP contribution in [0.2, 0.25) is 0 Å². The Balaban J connectivity index is 2.20. The second kappa shape index (κ2) is 8.07. The van der Waals surface area contributed by atoms with Crippen molar-refractivity contribution in [3.63, 3.8) is 0 Å². The Morgan fingerprint density at radius 1 is 1.19 bits per heavy atom. The van der Waals surface area contributed by atoms with E-state index in [0.29, 0.717) is 30.3 Å². The van der Waals surface area contributed by atoms with Gasteiger partial charge in [0.1, 0.15) is 6.54 Å². The molecule has 0 saturated carbocycles. The van der Waals surface area contributed by atoms with Crippen molar-refractivity contribution in [1.29, 1.82) is 0 Å². The number of benzene rings is 1. The fraction of sp³-hybridized carbons (Fsp3) is 0.556. The van der Waals surface area contributed by atoms with Crippen molar-refractivity contribution in [1.82, 2.24) is 9.80 Å². The molecule has 0 bridgehead atoms. The van der Waals surface area contributed by atoms with E-state index in [2.05, 4.69) is 6.92 Å². The number of anilines is 1. The lowest BCUT2D eigenvalue weighted by Gasteiger charge is -2.33. The Labute approximate surface area is 155 Å². The third-order valence-corrected chi connectivity index (χ3v) is 5.64. The van der Waals surface area contributed by atoms with Crippen molar-refractivity contribution in [3.05, 3.63) is 29.8 Å². The predicted octanol–water partition coefficient (Wildman–Crippen LogP) is 1.41. The van der Waals surface area contributed by atoms with Gasteiger partial charge in [-0.2, -0.15) is 0 Å². The number of carbonyl (C=O) groups is 2. The van der Waals surface area contributed by atoms with Crippen molar-refractivity contribution >= 4 is 27.5 Å². The van der Waals surface area contributed by atoms with Crippen LogP contribution >= 0.6 is 0 Å². The third kappa shape index (κ3) is 4.97. The summed E-state index contributed by atoms with van der Waals surface area (Å²) in [4.78, 5) is 27.7. The summed E-state index contributed by atoms with van der Waals surface area (Å²) >= 11 is 0. The van der Waals surface area contributed by atoms with Crippen LogP contribution in [0.15, 0.2) is 24.3 Å². The predicted molar refractivity (Wildman–Crippen MR) is 102 cm³/mol. The maximum atomic E-state index is 12.6. The second-order valence-electron chi connectivity index (χ2n) is 7.10. The standard InChI is InChI=1S/C18H27N3O4S/c1-14-6-5-11-20(12-14)17(22)13-21(26(4,24)25)16-9-7-15(8-10-16)18(23)19(2)3/h7-10,14H,5-6,11-13H2,1-4H3. The lowest BCUT2D eigenvalue weighted by Crippen LogP contribution is -2.46. The molecule has 0 spiro atoms. The molecule has 2 rings (SSSR count). The van der Waals surface area contributed by atoms with Gasteiger partial charge in [-0.15, -0.1) is 0 Å². The Hall–Kier alpha value is -2.09. The summed E-state index contributed by atoms with van der Waals surface area (Å²) in [6.45, 7) is 3.19. The number of carbonyl (C=O) groups excluding carboxylic acids is 2. The zero-order chi connectivity index (χ0) is 19.5. The Morgan fingerprint density at radius 2 is 1.81 bits per heavy atom. The molecule has 2 amide bonds. The second-order valence-corrected chi connectivity index (χ2v) is 9.01. The molecule has 7 nitrogen and oxygen atoms in total. The number of likely N-dealkylation sites (tertiary alicyclic amines) is 1. The van der Waals surface area contributed by atoms with Crippen LogP contribution in [-0.2, 0) is 14.8 Å². The first kappa shape index (κ1) is 20.2. The Kier molecular flexibility index (Phi) is 6.28. The highest BCUT2D eigenvalue weighted by Crippen LogP contribution is 2.21. The molecule has 1 atom stereocenters. The van der Waals surface area contributed by atoms with Gasteiger partial charge >= 0.3 is 0 Å². The molecule has 1 aliphatic heterocycles. The fourth-order valence-corrected chi connectivity index (χ4v) is 3.92. The maximum absolute atomic E-state index is 12.6. The Bertz CT molecular complexity index is 759. The van der Waals surface area contributed by atoms with E-state index in [1.807, 2.05) is 0 Å². The van der Waals surface area contributed by atoms with Crippen molar-refractivity contribution in [2.45, 2.75) is 19.8 Å². The maximum Gasteiger partial charge on any atom is 0.253 e. The SMILES string of the molecule is CC1CCCN(C(=O)CN(c2ccc(C(=O)N(C)C)cc2)S(C)(=O)=O)C1. The number of amides is 2. The molecule has 144 valence electrons. The zero-order valence-corrected chi connectivity index (χ0v) is 16.6. The third-order valence-electron chi connectivity index (χ3n) is 4.50. The summed E-state index contributed by atoms with van der Waals surface area (Å²) in [5, 5.41) is 0. The molecular weight excluding hydrogens is 354 g/mol. The van der Waals surface area contributed by atoms with E-state index in [-0.39, 0.29) is 18.4 Å². The molecule has 1 saturated heterocycles. The quantitative estimate of drug-likeness (QED) is 0.773. The zero-order valence-electron chi connectivity index (χ0n) is 15.8. The average Bonchev–Trinajstić information content (AvgIpc) is 2.58. The molecule has 1 aromatic rings. The molecular formula is C18H27N3O4S. The number of hydrogen-bond acceptors (Lipinski definition) is 4. The van der Waals surface area contributed by atoms with E-state index < -0.39 is 10.0 Å². The molecule has 0 radical (unpaired) electrons. The largest absolute Gasteiger partial charge is 0.345 e. The number of sulfonamides is 1. The van der Waals surface area contributed by atoms with Gasteiger partial charge in [-0.25, -0.2) is 8.42 Å². The minimum absolute atomic E-state index is 0.166. The summed E-state index contributed by atoms with van der Waals surface area (Å²) < 4.78 is 25.5. The normalized spacial score (nSPS) is 17.7. The van der Waals surface area contributed by atoms with Gasteiger partial charge in [0, 0.05) is 32.7 Å². The van der Waals surface area contributed by atoms with Gasteiger partial charge in [0.2, 0.25) is 15.9 Å². The van der Waals surface area contributed by atoms with E-state index in [9.17, 15) is 18.0 Å². The van der Waals surface area contributed by atoms with E-state index in [1.54, 1.807) is 43.3 Å². The average molecular weight is 381 g/mol. The van der Waals surface area contributed by atoms with Crippen LogP contribution in [0.4, 0.5) is 5.69 Å². The van der Waals surface area contributed by atoms with E-state index in [4.69, 9.17) is 0 Å². The molecule has 0 N–H and O–H groups in total. The minimum Gasteiger partial charge on any atom is -0.345 e. The first-order valence-electron chi connectivity index (χ1n) is 8.67. The van der Waals surface area contributed by atoms with E-state index in [0.717, 1.165) is 23.4 Å². The molecule has 1 aromatic carbocycles. The van der Waals surface area contributed by atoms with E-state index in [1.165, 1.54) is 4.90 Å². The van der Waals surface area contributed by atoms with Gasteiger partial charge in [0.25, 0.3) is 5.91 Å². The molecule has 1 fully saturated rings. The first-order chi connectivity index (χ1) is 12.1. The van der Waals surface area contributed by atoms with Crippen LogP contribution in [-0.4, -0.2) is 70.0 Å². The van der Waals surface area contributed by atoms with Crippen LogP contribution in [0.5, 0.6) is 0 Å². The molecule has 1 aliphatic rings. The van der Waals surface area contributed by atoms with E-state index >= 15 is 0 Å². The molecule has 26 heavy (non-hydrogen) atoms. The molecule has 1 heterocycles. The molecule has 0 aromatic heterocycles. The van der Waals surface area contributed by atoms with Gasteiger partial charge in [-0.05, 0) is 43.0 Å². The topological polar surface area (TPSA) is 78.0 Å².